The second-order valence-corrected chi connectivity index (χ2v) is 3.65. The molecule has 0 saturated heterocycles. The monoisotopic (exact) mass is 241 g/mol. The summed E-state index contributed by atoms with van der Waals surface area (Å²) in [6.07, 6.45) is 1.66. The third-order valence-electron chi connectivity index (χ3n) is 1.88. The van der Waals surface area contributed by atoms with Gasteiger partial charge in [-0.3, -0.25) is 20.3 Å². The summed E-state index contributed by atoms with van der Waals surface area (Å²) >= 11 is 4.90. The molecule has 1 aromatic rings. The van der Waals surface area contributed by atoms with Crippen molar-refractivity contribution in [2.24, 2.45) is 7.05 Å². The maximum atomic E-state index is 11.7. The average molecular weight is 241 g/mol. The molecule has 7 heteroatoms. The van der Waals surface area contributed by atoms with Gasteiger partial charge < -0.3 is 5.32 Å². The quantitative estimate of drug-likeness (QED) is 0.496. The highest BCUT2D eigenvalue weighted by atomic mass is 32.1. The number of aromatic nitrogens is 2. The van der Waals surface area contributed by atoms with Gasteiger partial charge in [0, 0.05) is 19.8 Å². The predicted octanol–water partition coefficient (Wildman–Crippen LogP) is -0.143. The van der Waals surface area contributed by atoms with Gasteiger partial charge in [-0.05, 0) is 26.1 Å². The molecule has 0 aliphatic rings. The third-order valence-corrected chi connectivity index (χ3v) is 2.13. The largest absolute Gasteiger partial charge is 0.362 e. The van der Waals surface area contributed by atoms with Gasteiger partial charge in [0.15, 0.2) is 5.11 Å². The number of amides is 1. The van der Waals surface area contributed by atoms with Crippen LogP contribution in [0.5, 0.6) is 0 Å². The molecular weight excluding hydrogens is 226 g/mol. The Morgan fingerprint density at radius 1 is 1.56 bits per heavy atom. The van der Waals surface area contributed by atoms with Crippen LogP contribution >= 0.6 is 12.2 Å². The van der Waals surface area contributed by atoms with Crippen LogP contribution in [0.2, 0.25) is 0 Å². The number of thiocarbonyl (C=S) groups is 1. The molecule has 1 rings (SSSR count). The highest BCUT2D eigenvalue weighted by molar-refractivity contribution is 7.80. The number of hydrogen-bond acceptors (Lipinski definition) is 3. The summed E-state index contributed by atoms with van der Waals surface area (Å²) in [5.41, 5.74) is 6.29. The van der Waals surface area contributed by atoms with Crippen molar-refractivity contribution < 1.29 is 4.79 Å². The lowest BCUT2D eigenvalue weighted by Gasteiger charge is -2.09. The molecule has 16 heavy (non-hydrogen) atoms. The Morgan fingerprint density at radius 3 is 2.75 bits per heavy atom. The number of nitrogens with one attached hydrogen (secondary N) is 3. The first-order valence-corrected chi connectivity index (χ1v) is 5.29. The van der Waals surface area contributed by atoms with Crippen molar-refractivity contribution in [2.75, 3.05) is 6.54 Å². The fourth-order valence-corrected chi connectivity index (χ4v) is 1.40. The number of rotatable bonds is 2. The van der Waals surface area contributed by atoms with Crippen molar-refractivity contribution in [1.82, 2.24) is 25.9 Å². The van der Waals surface area contributed by atoms with Crippen molar-refractivity contribution >= 4 is 23.2 Å². The molecule has 0 spiro atoms. The van der Waals surface area contributed by atoms with Crippen LogP contribution in [0.1, 0.15) is 23.0 Å². The minimum Gasteiger partial charge on any atom is -0.362 e. The molecule has 1 heterocycles. The molecule has 0 aliphatic carbocycles. The second kappa shape index (κ2) is 5.45. The summed E-state index contributed by atoms with van der Waals surface area (Å²) < 4.78 is 1.59. The fraction of sp³-hybridized carbons (Fsp3) is 0.444. The summed E-state index contributed by atoms with van der Waals surface area (Å²) in [6.45, 7) is 4.40. The smallest absolute Gasteiger partial charge is 0.273 e. The van der Waals surface area contributed by atoms with Gasteiger partial charge in [0.2, 0.25) is 0 Å². The minimum atomic E-state index is -0.258. The van der Waals surface area contributed by atoms with Crippen molar-refractivity contribution in [2.45, 2.75) is 13.8 Å². The van der Waals surface area contributed by atoms with Crippen LogP contribution < -0.4 is 16.2 Å². The van der Waals surface area contributed by atoms with E-state index in [-0.39, 0.29) is 5.91 Å². The highest BCUT2D eigenvalue weighted by Gasteiger charge is 2.11. The number of carbonyl (C=O) groups is 1. The third kappa shape index (κ3) is 3.20. The molecule has 0 radical (unpaired) electrons. The van der Waals surface area contributed by atoms with E-state index in [0.717, 1.165) is 0 Å². The first-order chi connectivity index (χ1) is 7.54. The molecule has 1 amide bonds. The van der Waals surface area contributed by atoms with E-state index in [2.05, 4.69) is 21.3 Å². The lowest BCUT2D eigenvalue weighted by atomic mass is 10.2. The van der Waals surface area contributed by atoms with Gasteiger partial charge in [-0.15, -0.1) is 0 Å². The molecule has 0 atom stereocenters. The van der Waals surface area contributed by atoms with Crippen LogP contribution in [0.4, 0.5) is 0 Å². The standard InChI is InChI=1S/C9H15N5OS/c1-4-10-9(16)12-11-8(15)7-5-14(3)13-6(7)2/h5H,4H2,1-3H3,(H,11,15)(H2,10,12,16). The summed E-state index contributed by atoms with van der Waals surface area (Å²) in [4.78, 5) is 11.7. The molecule has 0 fully saturated rings. The van der Waals surface area contributed by atoms with Gasteiger partial charge in [-0.2, -0.15) is 5.10 Å². The molecule has 0 unspecified atom stereocenters. The van der Waals surface area contributed by atoms with Gasteiger partial charge in [-0.25, -0.2) is 0 Å². The normalized spacial score (nSPS) is 9.69. The number of aryl methyl sites for hydroxylation is 2. The zero-order valence-electron chi connectivity index (χ0n) is 9.50. The summed E-state index contributed by atoms with van der Waals surface area (Å²) in [7, 11) is 1.76. The predicted molar refractivity (Wildman–Crippen MR) is 64.8 cm³/mol. The van der Waals surface area contributed by atoms with E-state index in [1.807, 2.05) is 6.92 Å². The summed E-state index contributed by atoms with van der Waals surface area (Å²) in [6, 6.07) is 0. The van der Waals surface area contributed by atoms with Crippen LogP contribution in [0.15, 0.2) is 6.20 Å². The van der Waals surface area contributed by atoms with Gasteiger partial charge in [-0.1, -0.05) is 0 Å². The Hall–Kier alpha value is -1.63. The molecule has 0 aromatic carbocycles. The first kappa shape index (κ1) is 12.4. The van der Waals surface area contributed by atoms with Gasteiger partial charge in [0.25, 0.3) is 5.91 Å². The first-order valence-electron chi connectivity index (χ1n) is 4.89. The van der Waals surface area contributed by atoms with Gasteiger partial charge in [0.1, 0.15) is 0 Å². The zero-order chi connectivity index (χ0) is 12.1. The topological polar surface area (TPSA) is 71.0 Å². The number of hydrogen-bond donors (Lipinski definition) is 3. The van der Waals surface area contributed by atoms with Crippen molar-refractivity contribution in [3.63, 3.8) is 0 Å². The number of hydrazine groups is 1. The molecule has 1 aromatic heterocycles. The van der Waals surface area contributed by atoms with E-state index < -0.39 is 0 Å². The fourth-order valence-electron chi connectivity index (χ4n) is 1.21. The summed E-state index contributed by atoms with van der Waals surface area (Å²) in [5, 5.41) is 7.32. The van der Waals surface area contributed by atoms with Crippen LogP contribution in [0.25, 0.3) is 0 Å². The van der Waals surface area contributed by atoms with Crippen LogP contribution in [0.3, 0.4) is 0 Å². The lowest BCUT2D eigenvalue weighted by molar-refractivity contribution is 0.0943. The minimum absolute atomic E-state index is 0.258. The molecule has 3 N–H and O–H groups in total. The van der Waals surface area contributed by atoms with Gasteiger partial charge >= 0.3 is 0 Å². The van der Waals surface area contributed by atoms with Gasteiger partial charge in [0.05, 0.1) is 11.3 Å². The zero-order valence-corrected chi connectivity index (χ0v) is 10.3. The Labute approximate surface area is 99.4 Å². The molecular formula is C9H15N5OS. The maximum absolute atomic E-state index is 11.7. The van der Waals surface area contributed by atoms with E-state index in [1.165, 1.54) is 0 Å². The van der Waals surface area contributed by atoms with Crippen molar-refractivity contribution in [3.05, 3.63) is 17.5 Å². The van der Waals surface area contributed by atoms with Crippen molar-refractivity contribution in [1.29, 1.82) is 0 Å². The second-order valence-electron chi connectivity index (χ2n) is 3.24. The molecule has 0 bridgehead atoms. The van der Waals surface area contributed by atoms with E-state index in [4.69, 9.17) is 12.2 Å². The Balaban J connectivity index is 2.53. The Kier molecular flexibility index (Phi) is 4.24. The molecule has 0 aliphatic heterocycles. The van der Waals surface area contributed by atoms with Crippen LogP contribution in [0, 0.1) is 6.92 Å². The SMILES string of the molecule is CCNC(=S)NNC(=O)c1cn(C)nc1C. The van der Waals surface area contributed by atoms with Crippen LogP contribution in [-0.4, -0.2) is 27.3 Å². The number of nitrogens with zero attached hydrogens (tertiary/aromatic N) is 2. The summed E-state index contributed by atoms with van der Waals surface area (Å²) in [5.74, 6) is -0.258. The van der Waals surface area contributed by atoms with E-state index in [9.17, 15) is 4.79 Å². The van der Waals surface area contributed by atoms with E-state index in [1.54, 1.807) is 24.9 Å². The Morgan fingerprint density at radius 2 is 2.25 bits per heavy atom. The highest BCUT2D eigenvalue weighted by Crippen LogP contribution is 2.03. The maximum Gasteiger partial charge on any atom is 0.273 e. The average Bonchev–Trinajstić information content (AvgIpc) is 2.55. The molecule has 6 nitrogen and oxygen atoms in total. The molecule has 88 valence electrons. The van der Waals surface area contributed by atoms with E-state index in [0.29, 0.717) is 22.9 Å². The van der Waals surface area contributed by atoms with E-state index >= 15 is 0 Å². The Bertz CT molecular complexity index is 401. The number of carbonyl (C=O) groups excluding carboxylic acids is 1. The lowest BCUT2D eigenvalue weighted by Crippen LogP contribution is -2.46. The van der Waals surface area contributed by atoms with Crippen LogP contribution in [-0.2, 0) is 7.05 Å². The molecule has 0 saturated carbocycles. The van der Waals surface area contributed by atoms with Crippen molar-refractivity contribution in [3.8, 4) is 0 Å².